The van der Waals surface area contributed by atoms with E-state index in [-0.39, 0.29) is 18.0 Å². The zero-order chi connectivity index (χ0) is 29.9. The van der Waals surface area contributed by atoms with Gasteiger partial charge < -0.3 is 9.30 Å². The molecule has 226 valence electrons. The quantitative estimate of drug-likeness (QED) is 0.166. The van der Waals surface area contributed by atoms with Crippen molar-refractivity contribution in [3.8, 4) is 22.1 Å². The predicted molar refractivity (Wildman–Crippen MR) is 169 cm³/mol. The highest BCUT2D eigenvalue weighted by Crippen LogP contribution is 2.39. The Labute approximate surface area is 260 Å². The number of rotatable bonds is 12. The maximum atomic E-state index is 15.0. The van der Waals surface area contributed by atoms with Gasteiger partial charge in [-0.15, -0.1) is 11.3 Å². The first kappa shape index (κ1) is 28.8. The van der Waals surface area contributed by atoms with Crippen LogP contribution >= 0.6 is 11.3 Å². The summed E-state index contributed by atoms with van der Waals surface area (Å²) in [6, 6.07) is 12.8. The van der Waals surface area contributed by atoms with Crippen molar-refractivity contribution in [3.05, 3.63) is 90.5 Å². The molecule has 44 heavy (non-hydrogen) atoms. The molecule has 10 heteroatoms. The number of hydrogen-bond acceptors (Lipinski definition) is 8. The summed E-state index contributed by atoms with van der Waals surface area (Å²) in [5.74, 6) is 0.900. The normalized spacial score (nSPS) is 16.0. The van der Waals surface area contributed by atoms with Gasteiger partial charge in [0.2, 0.25) is 0 Å². The fourth-order valence-corrected chi connectivity index (χ4v) is 6.73. The van der Waals surface area contributed by atoms with Crippen molar-refractivity contribution in [1.82, 2.24) is 29.3 Å². The molecule has 2 fully saturated rings. The van der Waals surface area contributed by atoms with Crippen molar-refractivity contribution in [2.24, 2.45) is 5.92 Å². The average molecular weight is 611 g/mol. The summed E-state index contributed by atoms with van der Waals surface area (Å²) >= 11 is 1.53. The van der Waals surface area contributed by atoms with Crippen LogP contribution in [0.3, 0.4) is 0 Å². The summed E-state index contributed by atoms with van der Waals surface area (Å²) in [4.78, 5) is 31.6. The number of halogens is 1. The van der Waals surface area contributed by atoms with Gasteiger partial charge in [0.15, 0.2) is 11.6 Å². The van der Waals surface area contributed by atoms with Gasteiger partial charge in [-0.25, -0.2) is 9.37 Å². The Hall–Kier alpha value is -3.99. The number of ether oxygens (including phenoxy) is 1. The van der Waals surface area contributed by atoms with E-state index in [0.717, 1.165) is 79.4 Å². The van der Waals surface area contributed by atoms with Crippen molar-refractivity contribution in [2.45, 2.75) is 38.8 Å². The zero-order valence-corrected chi connectivity index (χ0v) is 25.4. The summed E-state index contributed by atoms with van der Waals surface area (Å²) in [5.41, 5.74) is 3.52. The Balaban J connectivity index is 0.965. The molecule has 0 radical (unpaired) electrons. The number of thiophene rings is 1. The molecule has 1 saturated heterocycles. The lowest BCUT2D eigenvalue weighted by molar-refractivity contribution is -0.118. The molecule has 0 unspecified atom stereocenters. The Kier molecular flexibility index (Phi) is 8.46. The molecule has 0 N–H and O–H groups in total. The van der Waals surface area contributed by atoms with Crippen molar-refractivity contribution in [1.29, 1.82) is 0 Å². The van der Waals surface area contributed by atoms with Gasteiger partial charge in [0.25, 0.3) is 0 Å². The number of imidazole rings is 1. The number of carbonyl (C=O) groups is 1. The van der Waals surface area contributed by atoms with Crippen molar-refractivity contribution in [3.63, 3.8) is 0 Å². The van der Waals surface area contributed by atoms with Crippen LogP contribution in [0.4, 0.5) is 4.39 Å². The second-order valence-electron chi connectivity index (χ2n) is 11.8. The lowest BCUT2D eigenvalue weighted by atomic mass is 10.0. The second-order valence-corrected chi connectivity index (χ2v) is 12.9. The number of aromatic nitrogens is 4. The third-order valence-electron chi connectivity index (χ3n) is 8.39. The summed E-state index contributed by atoms with van der Waals surface area (Å²) in [6.45, 7) is 7.10. The highest BCUT2D eigenvalue weighted by molar-refractivity contribution is 7.22. The van der Waals surface area contributed by atoms with E-state index in [2.05, 4.69) is 36.5 Å². The third-order valence-corrected chi connectivity index (χ3v) is 9.55. The molecule has 1 aliphatic heterocycles. The lowest BCUT2D eigenvalue weighted by Gasteiger charge is -2.34. The Morgan fingerprint density at radius 3 is 2.52 bits per heavy atom. The van der Waals surface area contributed by atoms with Gasteiger partial charge in [0.05, 0.1) is 27.1 Å². The monoisotopic (exact) mass is 610 g/mol. The van der Waals surface area contributed by atoms with Crippen LogP contribution in [0.2, 0.25) is 0 Å². The molecule has 5 heterocycles. The zero-order valence-electron chi connectivity index (χ0n) is 24.6. The maximum absolute atomic E-state index is 15.0. The van der Waals surface area contributed by atoms with Crippen LogP contribution in [0.25, 0.3) is 20.8 Å². The summed E-state index contributed by atoms with van der Waals surface area (Å²) < 4.78 is 24.0. The van der Waals surface area contributed by atoms with E-state index >= 15 is 0 Å². The predicted octanol–water partition coefficient (Wildman–Crippen LogP) is 6.22. The number of fused-ring (bicyclic) bond motifs is 1. The Morgan fingerprint density at radius 1 is 0.932 bits per heavy atom. The van der Waals surface area contributed by atoms with E-state index in [9.17, 15) is 9.18 Å². The van der Waals surface area contributed by atoms with E-state index in [1.165, 1.54) is 23.0 Å². The van der Waals surface area contributed by atoms with E-state index in [0.29, 0.717) is 23.7 Å². The minimum absolute atomic E-state index is 0.132. The molecule has 1 saturated carbocycles. The minimum Gasteiger partial charge on any atom is -0.453 e. The van der Waals surface area contributed by atoms with Crippen LogP contribution in [0, 0.1) is 11.7 Å². The van der Waals surface area contributed by atoms with Crippen molar-refractivity contribution < 1.29 is 13.9 Å². The van der Waals surface area contributed by atoms with Crippen LogP contribution in [0.1, 0.15) is 30.4 Å². The van der Waals surface area contributed by atoms with Gasteiger partial charge in [-0.3, -0.25) is 24.6 Å². The minimum atomic E-state index is -0.475. The molecule has 8 nitrogen and oxygen atoms in total. The number of benzene rings is 1. The first-order valence-corrected chi connectivity index (χ1v) is 16.1. The molecule has 1 aromatic carbocycles. The van der Waals surface area contributed by atoms with Crippen molar-refractivity contribution in [2.75, 3.05) is 32.7 Å². The smallest absolute Gasteiger partial charge is 0.166 e. The van der Waals surface area contributed by atoms with Crippen LogP contribution in [-0.4, -0.2) is 67.8 Å². The highest BCUT2D eigenvalue weighted by atomic mass is 32.1. The Morgan fingerprint density at radius 2 is 1.77 bits per heavy atom. The van der Waals surface area contributed by atoms with Crippen LogP contribution in [-0.2, 0) is 24.3 Å². The van der Waals surface area contributed by atoms with Crippen LogP contribution in [0.5, 0.6) is 11.5 Å². The Bertz CT molecular complexity index is 1730. The van der Waals surface area contributed by atoms with E-state index < -0.39 is 5.82 Å². The first-order valence-electron chi connectivity index (χ1n) is 15.3. The van der Waals surface area contributed by atoms with Gasteiger partial charge in [-0.1, -0.05) is 12.1 Å². The van der Waals surface area contributed by atoms with Gasteiger partial charge in [-0.05, 0) is 54.2 Å². The van der Waals surface area contributed by atoms with Crippen LogP contribution in [0.15, 0.2) is 73.6 Å². The summed E-state index contributed by atoms with van der Waals surface area (Å²) in [7, 11) is 0. The lowest BCUT2D eigenvalue weighted by Crippen LogP contribution is -2.46. The van der Waals surface area contributed by atoms with Gasteiger partial charge in [0, 0.05) is 89.5 Å². The fourth-order valence-electron chi connectivity index (χ4n) is 5.69. The molecular weight excluding hydrogens is 575 g/mol. The molecule has 4 aromatic heterocycles. The van der Waals surface area contributed by atoms with Gasteiger partial charge >= 0.3 is 0 Å². The fraction of sp³-hybridized carbons (Fsp3) is 0.353. The molecule has 0 atom stereocenters. The van der Waals surface area contributed by atoms with Gasteiger partial charge in [-0.2, -0.15) is 0 Å². The molecule has 1 aliphatic carbocycles. The van der Waals surface area contributed by atoms with Crippen LogP contribution < -0.4 is 4.74 Å². The van der Waals surface area contributed by atoms with E-state index in [4.69, 9.17) is 9.72 Å². The summed E-state index contributed by atoms with van der Waals surface area (Å²) in [5, 5.41) is 0. The second kappa shape index (κ2) is 12.9. The van der Waals surface area contributed by atoms with Gasteiger partial charge in [0.1, 0.15) is 11.5 Å². The molecule has 5 aromatic rings. The molecular formula is C34H35FN6O2S. The molecule has 0 spiro atoms. The number of hydrogen-bond donors (Lipinski definition) is 0. The summed E-state index contributed by atoms with van der Waals surface area (Å²) in [6.07, 6.45) is 12.5. The van der Waals surface area contributed by atoms with E-state index in [1.54, 1.807) is 24.4 Å². The average Bonchev–Trinajstić information content (AvgIpc) is 3.48. The maximum Gasteiger partial charge on any atom is 0.166 e. The molecule has 7 rings (SSSR count). The largest absolute Gasteiger partial charge is 0.453 e. The number of carbonyl (C=O) groups excluding carboxylic acids is 1. The standard InChI is InChI=1S/C34H35FN6O2S/c35-28-19-25(18-27(42)17-24-1-2-24)4-6-31(28)43-32-7-8-37-30-20-33(44-34(30)32)29-5-3-26(21-38-29)22-40-14-11-39(12-15-40)13-16-41-10-9-36-23-41/h3-10,19-21,23-24H,1-2,11-18,22H2. The number of nitrogens with zero attached hydrogens (tertiary/aromatic N) is 6. The molecule has 2 aliphatic rings. The van der Waals surface area contributed by atoms with E-state index in [1.807, 2.05) is 31.0 Å². The highest BCUT2D eigenvalue weighted by Gasteiger charge is 2.24. The number of Topliss-reactive ketones (excluding diaryl/α,β-unsaturated/α-hetero) is 1. The molecule has 0 bridgehead atoms. The number of ketones is 1. The number of piperazine rings is 1. The SMILES string of the molecule is O=C(Cc1ccc(Oc2ccnc3cc(-c4ccc(CN5CCN(CCn6ccnc6)CC5)cn4)sc23)c(F)c1)CC1CC1. The first-order chi connectivity index (χ1) is 21.6. The molecule has 0 amide bonds. The topological polar surface area (TPSA) is 76.4 Å². The number of pyridine rings is 2. The third kappa shape index (κ3) is 7.04. The van der Waals surface area contributed by atoms with Crippen molar-refractivity contribution >= 4 is 27.3 Å².